The molecule has 1 aromatic carbocycles. The fourth-order valence-corrected chi connectivity index (χ4v) is 7.07. The Hall–Kier alpha value is -6.40. The maximum absolute atomic E-state index is 5.13. The van der Waals surface area contributed by atoms with E-state index in [0.29, 0.717) is 0 Å². The fraction of sp³-hybridized carbons (Fsp3) is 0.286. The molecule has 0 radical (unpaired) electrons. The van der Waals surface area contributed by atoms with Gasteiger partial charge in [-0.05, 0) is 139 Å². The highest BCUT2D eigenvalue weighted by Gasteiger charge is 2.20. The van der Waals surface area contributed by atoms with Crippen molar-refractivity contribution in [2.45, 2.75) is 105 Å². The summed E-state index contributed by atoms with van der Waals surface area (Å²) in [4.78, 5) is 29.3. The van der Waals surface area contributed by atoms with Crippen molar-refractivity contribution in [2.24, 2.45) is 0 Å². The van der Waals surface area contributed by atoms with E-state index in [4.69, 9.17) is 29.9 Å². The molecule has 7 rings (SSSR count). The molecule has 0 aliphatic rings. The van der Waals surface area contributed by atoms with Crippen molar-refractivity contribution in [1.82, 2.24) is 29.9 Å². The third-order valence-corrected chi connectivity index (χ3v) is 11.1. The van der Waals surface area contributed by atoms with Crippen molar-refractivity contribution < 1.29 is 0 Å². The Bertz CT molecular complexity index is 2420. The van der Waals surface area contributed by atoms with Gasteiger partial charge in [0.15, 0.2) is 0 Å². The maximum atomic E-state index is 5.13. The summed E-state index contributed by atoms with van der Waals surface area (Å²) < 4.78 is 0. The Balaban J connectivity index is 1.20. The highest BCUT2D eigenvalue weighted by Crippen LogP contribution is 2.32. The number of hydrogen-bond donors (Lipinski definition) is 0. The molecule has 0 amide bonds. The number of nitrogens with zero attached hydrogens (tertiary/aromatic N) is 6. The molecule has 62 heavy (non-hydrogen) atoms. The van der Waals surface area contributed by atoms with Crippen LogP contribution in [0.15, 0.2) is 122 Å². The van der Waals surface area contributed by atoms with Gasteiger partial charge in [0.25, 0.3) is 0 Å². The summed E-state index contributed by atoms with van der Waals surface area (Å²) in [5.74, 6) is 0. The number of pyridine rings is 6. The first-order chi connectivity index (χ1) is 29.2. The van der Waals surface area contributed by atoms with Gasteiger partial charge >= 0.3 is 0 Å². The lowest BCUT2D eigenvalue weighted by Crippen LogP contribution is -2.11. The van der Waals surface area contributed by atoms with Gasteiger partial charge in [-0.3, -0.25) is 19.9 Å². The van der Waals surface area contributed by atoms with Crippen molar-refractivity contribution in [3.63, 3.8) is 0 Å². The number of aromatic nitrogens is 6. The zero-order valence-corrected chi connectivity index (χ0v) is 38.5. The van der Waals surface area contributed by atoms with E-state index in [-0.39, 0.29) is 21.7 Å². The second kappa shape index (κ2) is 17.2. The minimum atomic E-state index is -0.0155. The standard InChI is InChI=1S/C56H60N6/c1-53(2,3)41-21-25-57-45(33-41)49-29-39(30-50(61-49)46-34-42(22-26-58-46)54(4,5)6)19-17-37-13-15-38(16-14-37)18-20-40-31-51(47-35-43(23-27-59-47)55(7,8)9)62-52(32-40)48-36-44(24-28-60-48)56(10,11)12/h13-36H,1-12H3/b19-17+,20-18+. The second-order valence-corrected chi connectivity index (χ2v) is 20.4. The molecule has 0 spiro atoms. The zero-order chi connectivity index (χ0) is 44.5. The molecule has 0 saturated carbocycles. The van der Waals surface area contributed by atoms with E-state index >= 15 is 0 Å². The molecule has 6 heteroatoms. The summed E-state index contributed by atoms with van der Waals surface area (Å²) in [6, 6.07) is 34.0. The van der Waals surface area contributed by atoms with Crippen LogP contribution in [-0.4, -0.2) is 29.9 Å². The third kappa shape index (κ3) is 10.7. The lowest BCUT2D eigenvalue weighted by atomic mass is 9.87. The van der Waals surface area contributed by atoms with E-state index in [9.17, 15) is 0 Å². The van der Waals surface area contributed by atoms with Gasteiger partial charge in [0.1, 0.15) is 0 Å². The Kier molecular flexibility index (Phi) is 12.1. The van der Waals surface area contributed by atoms with Crippen LogP contribution in [0.25, 0.3) is 69.9 Å². The van der Waals surface area contributed by atoms with E-state index in [1.54, 1.807) is 0 Å². The van der Waals surface area contributed by atoms with Crippen molar-refractivity contribution in [2.75, 3.05) is 0 Å². The van der Waals surface area contributed by atoms with Crippen molar-refractivity contribution >= 4 is 24.3 Å². The summed E-state index contributed by atoms with van der Waals surface area (Å²) in [6.45, 7) is 26.6. The topological polar surface area (TPSA) is 77.3 Å². The maximum Gasteiger partial charge on any atom is 0.0900 e. The summed E-state index contributed by atoms with van der Waals surface area (Å²) in [7, 11) is 0. The van der Waals surface area contributed by atoms with E-state index < -0.39 is 0 Å². The van der Waals surface area contributed by atoms with Crippen LogP contribution < -0.4 is 0 Å². The van der Waals surface area contributed by atoms with E-state index in [2.05, 4.69) is 204 Å². The summed E-state index contributed by atoms with van der Waals surface area (Å²) in [5.41, 5.74) is 15.6. The lowest BCUT2D eigenvalue weighted by molar-refractivity contribution is 0.589. The summed E-state index contributed by atoms with van der Waals surface area (Å²) in [5, 5.41) is 0. The van der Waals surface area contributed by atoms with Crippen LogP contribution in [0.1, 0.15) is 128 Å². The first-order valence-corrected chi connectivity index (χ1v) is 21.6. The molecular formula is C56H60N6. The molecule has 314 valence electrons. The number of rotatable bonds is 8. The minimum absolute atomic E-state index is 0.0155. The van der Waals surface area contributed by atoms with Crippen molar-refractivity contribution in [1.29, 1.82) is 0 Å². The van der Waals surface area contributed by atoms with Gasteiger partial charge in [-0.25, -0.2) is 9.97 Å². The van der Waals surface area contributed by atoms with Gasteiger partial charge < -0.3 is 0 Å². The minimum Gasteiger partial charge on any atom is -0.255 e. The third-order valence-electron chi connectivity index (χ3n) is 11.1. The van der Waals surface area contributed by atoms with Gasteiger partial charge in [-0.2, -0.15) is 0 Å². The van der Waals surface area contributed by atoms with Crippen LogP contribution in [0, 0.1) is 0 Å². The highest BCUT2D eigenvalue weighted by molar-refractivity contribution is 5.78. The first kappa shape index (κ1) is 43.7. The van der Waals surface area contributed by atoms with Crippen LogP contribution in [0.4, 0.5) is 0 Å². The Morgan fingerprint density at radius 3 is 0.726 bits per heavy atom. The zero-order valence-electron chi connectivity index (χ0n) is 38.5. The molecule has 6 aromatic heterocycles. The first-order valence-electron chi connectivity index (χ1n) is 21.6. The highest BCUT2D eigenvalue weighted by atomic mass is 14.8. The number of benzene rings is 1. The smallest absolute Gasteiger partial charge is 0.0900 e. The van der Waals surface area contributed by atoms with E-state index in [1.807, 2.05) is 24.8 Å². The molecule has 6 nitrogen and oxygen atoms in total. The molecule has 0 N–H and O–H groups in total. The quantitative estimate of drug-likeness (QED) is 0.152. The molecular weight excluding hydrogens is 757 g/mol. The average molecular weight is 817 g/mol. The fourth-order valence-electron chi connectivity index (χ4n) is 7.07. The Morgan fingerprint density at radius 1 is 0.274 bits per heavy atom. The van der Waals surface area contributed by atoms with Gasteiger partial charge in [0, 0.05) is 24.8 Å². The molecule has 6 heterocycles. The lowest BCUT2D eigenvalue weighted by Gasteiger charge is -2.20. The predicted molar refractivity (Wildman–Crippen MR) is 260 cm³/mol. The molecule has 0 saturated heterocycles. The molecule has 0 aliphatic heterocycles. The average Bonchev–Trinajstić information content (AvgIpc) is 3.24. The Morgan fingerprint density at radius 2 is 0.500 bits per heavy atom. The number of hydrogen-bond acceptors (Lipinski definition) is 6. The SMILES string of the molecule is CC(C)(C)c1ccnc(-c2cc(/C=C/c3ccc(/C=C/c4cc(-c5cc(C(C)(C)C)ccn5)nc(-c5cc(C(C)(C)C)ccn5)c4)cc3)cc(-c3cc(C(C)(C)C)ccn3)n2)c1. The molecule has 7 aromatic rings. The molecule has 0 unspecified atom stereocenters. The second-order valence-electron chi connectivity index (χ2n) is 20.4. The van der Waals surface area contributed by atoms with Crippen molar-refractivity contribution in [3.05, 3.63) is 166 Å². The van der Waals surface area contributed by atoms with E-state index in [1.165, 1.54) is 22.3 Å². The monoisotopic (exact) mass is 816 g/mol. The summed E-state index contributed by atoms with van der Waals surface area (Å²) in [6.07, 6.45) is 16.1. The van der Waals surface area contributed by atoms with Gasteiger partial charge in [0.2, 0.25) is 0 Å². The predicted octanol–water partition coefficient (Wildman–Crippen LogP) is 14.3. The van der Waals surface area contributed by atoms with Crippen LogP contribution in [0.2, 0.25) is 0 Å². The van der Waals surface area contributed by atoms with Crippen LogP contribution in [0.5, 0.6) is 0 Å². The van der Waals surface area contributed by atoms with Gasteiger partial charge in [0.05, 0.1) is 45.6 Å². The van der Waals surface area contributed by atoms with E-state index in [0.717, 1.165) is 67.8 Å². The molecule has 0 aliphatic carbocycles. The van der Waals surface area contributed by atoms with Crippen LogP contribution >= 0.6 is 0 Å². The molecule has 0 bridgehead atoms. The normalized spacial score (nSPS) is 12.7. The summed E-state index contributed by atoms with van der Waals surface area (Å²) >= 11 is 0. The molecule has 0 fully saturated rings. The molecule has 0 atom stereocenters. The van der Waals surface area contributed by atoms with Gasteiger partial charge in [-0.15, -0.1) is 0 Å². The largest absolute Gasteiger partial charge is 0.255 e. The van der Waals surface area contributed by atoms with Crippen LogP contribution in [-0.2, 0) is 21.7 Å². The Labute approximate surface area is 369 Å². The van der Waals surface area contributed by atoms with Gasteiger partial charge in [-0.1, -0.05) is 132 Å². The van der Waals surface area contributed by atoms with Crippen LogP contribution in [0.3, 0.4) is 0 Å². The van der Waals surface area contributed by atoms with Crippen molar-refractivity contribution in [3.8, 4) is 45.6 Å².